The lowest BCUT2D eigenvalue weighted by Crippen LogP contribution is -2.16. The standard InChI is InChI=1S/C15H26OS/c1-12(2)10-13(3)14(4)15(16)11-17(5)8-6-7-9-17/h10H,6-9,11H2,1-5H3. The Morgan fingerprint density at radius 3 is 2.12 bits per heavy atom. The molecule has 0 amide bonds. The molecule has 17 heavy (non-hydrogen) atoms. The lowest BCUT2D eigenvalue weighted by molar-refractivity contribution is -0.113. The van der Waals surface area contributed by atoms with Gasteiger partial charge in [-0.25, -0.2) is 10.0 Å². The molecule has 1 saturated heterocycles. The van der Waals surface area contributed by atoms with Gasteiger partial charge in [-0.15, -0.1) is 0 Å². The van der Waals surface area contributed by atoms with Crippen molar-refractivity contribution in [1.29, 1.82) is 0 Å². The van der Waals surface area contributed by atoms with E-state index in [9.17, 15) is 4.79 Å². The fraction of sp³-hybridized carbons (Fsp3) is 0.667. The zero-order valence-corrected chi connectivity index (χ0v) is 12.7. The summed E-state index contributed by atoms with van der Waals surface area (Å²) in [4.78, 5) is 12.3. The first kappa shape index (κ1) is 14.6. The van der Waals surface area contributed by atoms with Gasteiger partial charge in [0.25, 0.3) is 0 Å². The Bertz CT molecular complexity index is 353. The maximum Gasteiger partial charge on any atom is 0.167 e. The molecule has 0 aromatic carbocycles. The Kier molecular flexibility index (Phi) is 5.05. The van der Waals surface area contributed by atoms with Gasteiger partial charge in [-0.1, -0.05) is 11.6 Å². The highest BCUT2D eigenvalue weighted by molar-refractivity contribution is 8.33. The van der Waals surface area contributed by atoms with Crippen molar-refractivity contribution in [2.75, 3.05) is 23.5 Å². The molecule has 98 valence electrons. The van der Waals surface area contributed by atoms with Crippen LogP contribution in [-0.2, 0) is 4.79 Å². The van der Waals surface area contributed by atoms with Crippen molar-refractivity contribution in [1.82, 2.24) is 0 Å². The molecule has 1 aliphatic rings. The molecule has 0 spiro atoms. The number of ketones is 1. The van der Waals surface area contributed by atoms with Crippen molar-refractivity contribution in [2.24, 2.45) is 0 Å². The minimum Gasteiger partial charge on any atom is -0.294 e. The molecular weight excluding hydrogens is 228 g/mol. The van der Waals surface area contributed by atoms with Crippen LogP contribution in [0.1, 0.15) is 40.5 Å². The molecule has 0 aromatic rings. The summed E-state index contributed by atoms with van der Waals surface area (Å²) in [5.41, 5.74) is 3.36. The third-order valence-corrected chi connectivity index (χ3v) is 7.03. The highest BCUT2D eigenvalue weighted by atomic mass is 32.3. The first-order valence-corrected chi connectivity index (χ1v) is 8.96. The zero-order valence-electron chi connectivity index (χ0n) is 11.9. The fourth-order valence-corrected chi connectivity index (χ4v) is 5.48. The van der Waals surface area contributed by atoms with Crippen LogP contribution in [0.4, 0.5) is 0 Å². The van der Waals surface area contributed by atoms with Gasteiger partial charge >= 0.3 is 0 Å². The summed E-state index contributed by atoms with van der Waals surface area (Å²) in [7, 11) is -0.614. The number of rotatable bonds is 4. The summed E-state index contributed by atoms with van der Waals surface area (Å²) < 4.78 is 0. The van der Waals surface area contributed by atoms with Crippen LogP contribution in [0.2, 0.25) is 0 Å². The number of allylic oxidation sites excluding steroid dienone is 4. The maximum absolute atomic E-state index is 12.3. The van der Waals surface area contributed by atoms with E-state index in [-0.39, 0.29) is 0 Å². The van der Waals surface area contributed by atoms with Crippen molar-refractivity contribution >= 4 is 15.8 Å². The number of carbonyl (C=O) groups excluding carboxylic acids is 1. The minimum absolute atomic E-state index is 0.374. The molecule has 0 saturated carbocycles. The van der Waals surface area contributed by atoms with Gasteiger partial charge in [0.1, 0.15) is 0 Å². The molecule has 1 nitrogen and oxygen atoms in total. The Labute approximate surface area is 108 Å². The average molecular weight is 254 g/mol. The Morgan fingerprint density at radius 1 is 1.12 bits per heavy atom. The molecule has 0 atom stereocenters. The lowest BCUT2D eigenvalue weighted by Gasteiger charge is -2.29. The average Bonchev–Trinajstić information content (AvgIpc) is 2.62. The van der Waals surface area contributed by atoms with E-state index in [2.05, 4.69) is 26.2 Å². The van der Waals surface area contributed by atoms with Crippen molar-refractivity contribution in [3.05, 3.63) is 22.8 Å². The van der Waals surface area contributed by atoms with Crippen molar-refractivity contribution in [2.45, 2.75) is 40.5 Å². The number of hydrogen-bond acceptors (Lipinski definition) is 1. The van der Waals surface area contributed by atoms with Gasteiger partial charge in [-0.3, -0.25) is 4.79 Å². The summed E-state index contributed by atoms with van der Waals surface area (Å²) in [5, 5.41) is 0. The monoisotopic (exact) mass is 254 g/mol. The highest BCUT2D eigenvalue weighted by Gasteiger charge is 2.26. The maximum atomic E-state index is 12.3. The first-order chi connectivity index (χ1) is 7.84. The Hall–Kier alpha value is -0.500. The van der Waals surface area contributed by atoms with E-state index in [1.165, 1.54) is 29.9 Å². The van der Waals surface area contributed by atoms with E-state index >= 15 is 0 Å². The van der Waals surface area contributed by atoms with Crippen LogP contribution in [0, 0.1) is 0 Å². The van der Waals surface area contributed by atoms with Crippen LogP contribution < -0.4 is 0 Å². The molecule has 0 radical (unpaired) electrons. The van der Waals surface area contributed by atoms with Crippen LogP contribution in [0.3, 0.4) is 0 Å². The third kappa shape index (κ3) is 4.34. The largest absolute Gasteiger partial charge is 0.294 e. The van der Waals surface area contributed by atoms with Crippen molar-refractivity contribution in [3.8, 4) is 0 Å². The van der Waals surface area contributed by atoms with Crippen LogP contribution in [0.25, 0.3) is 0 Å². The van der Waals surface area contributed by atoms with Crippen molar-refractivity contribution in [3.63, 3.8) is 0 Å². The first-order valence-electron chi connectivity index (χ1n) is 6.41. The van der Waals surface area contributed by atoms with E-state index in [1.54, 1.807) is 0 Å². The van der Waals surface area contributed by atoms with Crippen molar-refractivity contribution < 1.29 is 4.79 Å². The lowest BCUT2D eigenvalue weighted by atomic mass is 10.1. The summed E-state index contributed by atoms with van der Waals surface area (Å²) in [6.07, 6.45) is 7.12. The van der Waals surface area contributed by atoms with Gasteiger partial charge in [0.15, 0.2) is 5.78 Å². The highest BCUT2D eigenvalue weighted by Crippen LogP contribution is 2.50. The van der Waals surface area contributed by atoms with E-state index < -0.39 is 10.0 Å². The van der Waals surface area contributed by atoms with Crippen LogP contribution in [0.5, 0.6) is 0 Å². The zero-order chi connectivity index (χ0) is 13.1. The third-order valence-electron chi connectivity index (χ3n) is 3.52. The fourth-order valence-electron chi connectivity index (χ4n) is 2.33. The molecule has 1 fully saturated rings. The van der Waals surface area contributed by atoms with Gasteiger partial charge in [0, 0.05) is 5.75 Å². The minimum atomic E-state index is -0.614. The summed E-state index contributed by atoms with van der Waals surface area (Å²) >= 11 is 0. The molecular formula is C15H26OS. The van der Waals surface area contributed by atoms with Gasteiger partial charge < -0.3 is 0 Å². The Balaban J connectivity index is 2.73. The Morgan fingerprint density at radius 2 is 1.65 bits per heavy atom. The molecule has 0 aliphatic carbocycles. The predicted molar refractivity (Wildman–Crippen MR) is 80.2 cm³/mol. The molecule has 0 bridgehead atoms. The number of carbonyl (C=O) groups is 1. The smallest absolute Gasteiger partial charge is 0.167 e. The van der Waals surface area contributed by atoms with Crippen LogP contribution in [-0.4, -0.2) is 29.3 Å². The van der Waals surface area contributed by atoms with E-state index in [0.717, 1.165) is 16.9 Å². The quantitative estimate of drug-likeness (QED) is 0.545. The molecule has 0 unspecified atom stereocenters. The summed E-state index contributed by atoms with van der Waals surface area (Å²) in [6.45, 7) is 8.18. The molecule has 2 heteroatoms. The predicted octanol–water partition coefficient (Wildman–Crippen LogP) is 4.09. The van der Waals surface area contributed by atoms with Gasteiger partial charge in [0.05, 0.1) is 0 Å². The van der Waals surface area contributed by atoms with E-state index in [0.29, 0.717) is 5.78 Å². The molecule has 1 heterocycles. The normalized spacial score (nSPS) is 21.7. The summed E-state index contributed by atoms with van der Waals surface area (Å²) in [5.74, 6) is 3.79. The molecule has 1 aliphatic heterocycles. The second-order valence-corrected chi connectivity index (χ2v) is 9.75. The SMILES string of the molecule is CC(C)=CC(C)=C(C)C(=O)CS1(C)CCCC1. The molecule has 0 aromatic heterocycles. The van der Waals surface area contributed by atoms with Crippen LogP contribution >= 0.6 is 10.0 Å². The second-order valence-electron chi connectivity index (χ2n) is 5.69. The molecule has 0 N–H and O–H groups in total. The molecule has 1 rings (SSSR count). The summed E-state index contributed by atoms with van der Waals surface area (Å²) in [6, 6.07) is 0. The number of hydrogen-bond donors (Lipinski definition) is 0. The van der Waals surface area contributed by atoms with Crippen LogP contribution in [0.15, 0.2) is 22.8 Å². The number of Topliss-reactive ketones (excluding diaryl/α,β-unsaturated/α-hetero) is 1. The van der Waals surface area contributed by atoms with Gasteiger partial charge in [-0.05, 0) is 69.4 Å². The second kappa shape index (κ2) is 5.90. The van der Waals surface area contributed by atoms with E-state index in [4.69, 9.17) is 0 Å². The van der Waals surface area contributed by atoms with Gasteiger partial charge in [-0.2, -0.15) is 0 Å². The topological polar surface area (TPSA) is 17.1 Å². The van der Waals surface area contributed by atoms with Gasteiger partial charge in [0.2, 0.25) is 0 Å². The van der Waals surface area contributed by atoms with E-state index in [1.807, 2.05) is 13.8 Å².